The molecule has 30 heavy (non-hydrogen) atoms. The number of carbonyl (C=O) groups is 1. The molecule has 1 fully saturated rings. The van der Waals surface area contributed by atoms with E-state index in [4.69, 9.17) is 4.74 Å². The van der Waals surface area contributed by atoms with Crippen molar-refractivity contribution in [1.82, 2.24) is 4.31 Å². The lowest BCUT2D eigenvalue weighted by molar-refractivity contribution is -0.111. The molecule has 0 spiro atoms. The number of aryl methyl sites for hydroxylation is 1. The molecule has 0 atom stereocenters. The maximum Gasteiger partial charge on any atom is 0.248 e. The van der Waals surface area contributed by atoms with Crippen molar-refractivity contribution in [3.05, 3.63) is 65.2 Å². The molecule has 1 aliphatic rings. The molecule has 0 radical (unpaired) electrons. The van der Waals surface area contributed by atoms with Gasteiger partial charge in [-0.2, -0.15) is 4.31 Å². The number of amides is 1. The van der Waals surface area contributed by atoms with Gasteiger partial charge in [-0.05, 0) is 47.7 Å². The average Bonchev–Trinajstić information content (AvgIpc) is 2.74. The van der Waals surface area contributed by atoms with E-state index in [2.05, 4.69) is 19.2 Å². The monoisotopic (exact) mass is 428 g/mol. The van der Waals surface area contributed by atoms with Crippen LogP contribution in [0.15, 0.2) is 53.4 Å². The minimum atomic E-state index is -3.62. The maximum atomic E-state index is 12.9. The van der Waals surface area contributed by atoms with Gasteiger partial charge in [-0.3, -0.25) is 4.79 Å². The van der Waals surface area contributed by atoms with E-state index in [1.807, 2.05) is 31.2 Å². The fourth-order valence-corrected chi connectivity index (χ4v) is 4.61. The van der Waals surface area contributed by atoms with E-state index in [1.54, 1.807) is 18.2 Å². The molecule has 160 valence electrons. The van der Waals surface area contributed by atoms with E-state index in [9.17, 15) is 13.2 Å². The van der Waals surface area contributed by atoms with Gasteiger partial charge < -0.3 is 10.1 Å². The number of nitrogens with zero attached hydrogens (tertiary/aromatic N) is 1. The topological polar surface area (TPSA) is 75.7 Å². The standard InChI is InChI=1S/C23H28N2O4S/c1-17(2)20-8-5-19(6-9-20)7-11-23(26)24-22-16-21(10-4-18(22)3)30(27,28)25-12-14-29-15-13-25/h4-11,16-17H,12-15H2,1-3H3,(H,24,26)/b11-7+. The molecule has 2 aromatic carbocycles. The Kier molecular flexibility index (Phi) is 7.07. The van der Waals surface area contributed by atoms with Gasteiger partial charge in [0.05, 0.1) is 18.1 Å². The van der Waals surface area contributed by atoms with Gasteiger partial charge in [0.25, 0.3) is 0 Å². The van der Waals surface area contributed by atoms with Crippen LogP contribution in [-0.4, -0.2) is 44.9 Å². The molecule has 6 nitrogen and oxygen atoms in total. The molecule has 1 saturated heterocycles. The Morgan fingerprint density at radius 1 is 1.10 bits per heavy atom. The van der Waals surface area contributed by atoms with Gasteiger partial charge in [0.2, 0.25) is 15.9 Å². The van der Waals surface area contributed by atoms with Crippen molar-refractivity contribution >= 4 is 27.7 Å². The zero-order valence-electron chi connectivity index (χ0n) is 17.6. The number of anilines is 1. The van der Waals surface area contributed by atoms with Crippen LogP contribution in [0.5, 0.6) is 0 Å². The molecule has 7 heteroatoms. The van der Waals surface area contributed by atoms with Crippen molar-refractivity contribution in [2.75, 3.05) is 31.6 Å². The van der Waals surface area contributed by atoms with Crippen molar-refractivity contribution in [2.45, 2.75) is 31.6 Å². The molecule has 0 saturated carbocycles. The van der Waals surface area contributed by atoms with E-state index in [0.717, 1.165) is 11.1 Å². The summed E-state index contributed by atoms with van der Waals surface area (Å²) in [5.41, 5.74) is 3.44. The van der Waals surface area contributed by atoms with Gasteiger partial charge in [0.15, 0.2) is 0 Å². The van der Waals surface area contributed by atoms with Crippen molar-refractivity contribution in [3.63, 3.8) is 0 Å². The normalized spacial score (nSPS) is 15.6. The molecule has 0 unspecified atom stereocenters. The lowest BCUT2D eigenvalue weighted by Gasteiger charge is -2.26. The molecule has 0 aliphatic carbocycles. The molecule has 3 rings (SSSR count). The van der Waals surface area contributed by atoms with Crippen LogP contribution in [0.25, 0.3) is 6.08 Å². The van der Waals surface area contributed by atoms with Crippen LogP contribution in [0.1, 0.15) is 36.5 Å². The van der Waals surface area contributed by atoms with Crippen molar-refractivity contribution in [3.8, 4) is 0 Å². The third-order valence-corrected chi connectivity index (χ3v) is 7.00. The number of rotatable bonds is 6. The molecule has 1 aliphatic heterocycles. The van der Waals surface area contributed by atoms with Crippen molar-refractivity contribution < 1.29 is 17.9 Å². The Hall–Kier alpha value is -2.48. The highest BCUT2D eigenvalue weighted by Crippen LogP contribution is 2.24. The SMILES string of the molecule is Cc1ccc(S(=O)(=O)N2CCOCC2)cc1NC(=O)/C=C/c1ccc(C(C)C)cc1. The van der Waals surface area contributed by atoms with Crippen LogP contribution >= 0.6 is 0 Å². The van der Waals surface area contributed by atoms with Gasteiger partial charge in [0.1, 0.15) is 0 Å². The minimum absolute atomic E-state index is 0.165. The number of benzene rings is 2. The quantitative estimate of drug-likeness (QED) is 0.711. The van der Waals surface area contributed by atoms with Gasteiger partial charge >= 0.3 is 0 Å². The number of carbonyl (C=O) groups excluding carboxylic acids is 1. The predicted octanol–water partition coefficient (Wildman–Crippen LogP) is 3.79. The van der Waals surface area contributed by atoms with E-state index in [-0.39, 0.29) is 10.8 Å². The van der Waals surface area contributed by atoms with Crippen LogP contribution in [-0.2, 0) is 19.6 Å². The Balaban J connectivity index is 1.72. The van der Waals surface area contributed by atoms with Crippen molar-refractivity contribution in [1.29, 1.82) is 0 Å². The lowest BCUT2D eigenvalue weighted by atomic mass is 10.0. The first kappa shape index (κ1) is 22.2. The largest absolute Gasteiger partial charge is 0.379 e. The van der Waals surface area contributed by atoms with Gasteiger partial charge in [0, 0.05) is 24.9 Å². The second kappa shape index (κ2) is 9.55. The van der Waals surface area contributed by atoms with E-state index < -0.39 is 10.0 Å². The second-order valence-corrected chi connectivity index (χ2v) is 9.58. The zero-order chi connectivity index (χ0) is 21.7. The van der Waals surface area contributed by atoms with Crippen LogP contribution in [0.3, 0.4) is 0 Å². The second-order valence-electron chi connectivity index (χ2n) is 7.64. The summed E-state index contributed by atoms with van der Waals surface area (Å²) in [6, 6.07) is 12.8. The lowest BCUT2D eigenvalue weighted by Crippen LogP contribution is -2.40. The van der Waals surface area contributed by atoms with Gasteiger partial charge in [-0.15, -0.1) is 0 Å². The van der Waals surface area contributed by atoms with Crippen LogP contribution in [0, 0.1) is 6.92 Å². The molecule has 1 amide bonds. The summed E-state index contributed by atoms with van der Waals surface area (Å²) >= 11 is 0. The molecule has 1 N–H and O–H groups in total. The molecular formula is C23H28N2O4S. The highest BCUT2D eigenvalue weighted by Gasteiger charge is 2.26. The highest BCUT2D eigenvalue weighted by atomic mass is 32.2. The molecule has 0 aromatic heterocycles. The number of ether oxygens (including phenoxy) is 1. The highest BCUT2D eigenvalue weighted by molar-refractivity contribution is 7.89. The van der Waals surface area contributed by atoms with E-state index in [0.29, 0.717) is 37.9 Å². The summed E-state index contributed by atoms with van der Waals surface area (Å²) in [6.07, 6.45) is 3.19. The molecular weight excluding hydrogens is 400 g/mol. The number of hydrogen-bond donors (Lipinski definition) is 1. The first-order valence-electron chi connectivity index (χ1n) is 10.0. The van der Waals surface area contributed by atoms with Gasteiger partial charge in [-0.1, -0.05) is 44.2 Å². The maximum absolute atomic E-state index is 12.9. The Morgan fingerprint density at radius 2 is 1.77 bits per heavy atom. The Morgan fingerprint density at radius 3 is 2.40 bits per heavy atom. The van der Waals surface area contributed by atoms with Crippen molar-refractivity contribution in [2.24, 2.45) is 0 Å². The first-order chi connectivity index (χ1) is 14.3. The summed E-state index contributed by atoms with van der Waals surface area (Å²) in [5.74, 6) is 0.141. The third-order valence-electron chi connectivity index (χ3n) is 5.11. The van der Waals surface area contributed by atoms with E-state index in [1.165, 1.54) is 22.0 Å². The predicted molar refractivity (Wildman–Crippen MR) is 119 cm³/mol. The van der Waals surface area contributed by atoms with Crippen LogP contribution in [0.2, 0.25) is 0 Å². The Bertz CT molecular complexity index is 1020. The number of sulfonamides is 1. The summed E-state index contributed by atoms with van der Waals surface area (Å²) in [5, 5.41) is 2.79. The number of hydrogen-bond acceptors (Lipinski definition) is 4. The summed E-state index contributed by atoms with van der Waals surface area (Å²) in [7, 11) is -3.62. The fraction of sp³-hybridized carbons (Fsp3) is 0.348. The van der Waals surface area contributed by atoms with Crippen LogP contribution in [0.4, 0.5) is 5.69 Å². The average molecular weight is 429 g/mol. The Labute approximate surface area is 178 Å². The summed E-state index contributed by atoms with van der Waals surface area (Å²) < 4.78 is 32.4. The molecule has 1 heterocycles. The summed E-state index contributed by atoms with van der Waals surface area (Å²) in [4.78, 5) is 12.6. The molecule has 2 aromatic rings. The fourth-order valence-electron chi connectivity index (χ4n) is 3.17. The number of morpholine rings is 1. The van der Waals surface area contributed by atoms with Gasteiger partial charge in [-0.25, -0.2) is 8.42 Å². The van der Waals surface area contributed by atoms with Crippen LogP contribution < -0.4 is 5.32 Å². The summed E-state index contributed by atoms with van der Waals surface area (Å²) in [6.45, 7) is 7.53. The van der Waals surface area contributed by atoms with E-state index >= 15 is 0 Å². The minimum Gasteiger partial charge on any atom is -0.379 e. The number of nitrogens with one attached hydrogen (secondary N) is 1. The first-order valence-corrected chi connectivity index (χ1v) is 11.5. The smallest absolute Gasteiger partial charge is 0.248 e. The molecule has 0 bridgehead atoms. The zero-order valence-corrected chi connectivity index (χ0v) is 18.4. The third kappa shape index (κ3) is 5.36.